The summed E-state index contributed by atoms with van der Waals surface area (Å²) in [6.45, 7) is 8.93. The molecule has 3 N–H and O–H groups in total. The van der Waals surface area contributed by atoms with Gasteiger partial charge >= 0.3 is 0 Å². The SMILES string of the molecule is C=CN(C)/C(=C\N)C(O)(c1ccc(CN2CCN(C)CC2)cc1)c1ccc2c(c1)c(-c1cccc(Cl)c1)cc(=O)n2C. The van der Waals surface area contributed by atoms with Crippen LogP contribution in [0.1, 0.15) is 16.7 Å². The molecule has 0 aliphatic carbocycles. The number of piperazine rings is 1. The van der Waals surface area contributed by atoms with E-state index in [1.807, 2.05) is 48.5 Å². The minimum absolute atomic E-state index is 0.134. The fourth-order valence-electron chi connectivity index (χ4n) is 5.75. The molecule has 2 heterocycles. The molecule has 0 saturated carbocycles. The Hall–Kier alpha value is -3.88. The molecule has 1 fully saturated rings. The van der Waals surface area contributed by atoms with Crippen molar-refractivity contribution in [2.45, 2.75) is 12.1 Å². The van der Waals surface area contributed by atoms with Crippen molar-refractivity contribution in [1.29, 1.82) is 0 Å². The lowest BCUT2D eigenvalue weighted by Crippen LogP contribution is -2.43. The van der Waals surface area contributed by atoms with E-state index in [9.17, 15) is 9.90 Å². The molecule has 0 spiro atoms. The van der Waals surface area contributed by atoms with E-state index in [1.165, 1.54) is 11.8 Å². The highest BCUT2D eigenvalue weighted by atomic mass is 35.5. The van der Waals surface area contributed by atoms with Crippen molar-refractivity contribution in [3.63, 3.8) is 0 Å². The Balaban J connectivity index is 1.65. The van der Waals surface area contributed by atoms with Gasteiger partial charge in [0.15, 0.2) is 5.60 Å². The molecule has 1 unspecified atom stereocenters. The van der Waals surface area contributed by atoms with E-state index in [1.54, 1.807) is 41.9 Å². The molecule has 0 radical (unpaired) electrons. The predicted molar refractivity (Wildman–Crippen MR) is 172 cm³/mol. The van der Waals surface area contributed by atoms with Gasteiger partial charge in [-0.1, -0.05) is 60.6 Å². The van der Waals surface area contributed by atoms with Crippen molar-refractivity contribution in [1.82, 2.24) is 19.3 Å². The summed E-state index contributed by atoms with van der Waals surface area (Å²) in [5.74, 6) is 0. The third-order valence-electron chi connectivity index (χ3n) is 8.36. The minimum Gasteiger partial charge on any atom is -0.403 e. The molecule has 1 aromatic heterocycles. The Bertz CT molecular complexity index is 1690. The molecule has 1 aliphatic rings. The van der Waals surface area contributed by atoms with Crippen LogP contribution in [-0.4, -0.2) is 64.6 Å². The zero-order chi connectivity index (χ0) is 30.0. The third kappa shape index (κ3) is 5.61. The summed E-state index contributed by atoms with van der Waals surface area (Å²) >= 11 is 6.33. The van der Waals surface area contributed by atoms with E-state index >= 15 is 0 Å². The molecule has 1 atom stereocenters. The lowest BCUT2D eigenvalue weighted by Gasteiger charge is -2.36. The summed E-state index contributed by atoms with van der Waals surface area (Å²) < 4.78 is 1.61. The van der Waals surface area contributed by atoms with Crippen LogP contribution in [0.5, 0.6) is 0 Å². The van der Waals surface area contributed by atoms with Crippen molar-refractivity contribution in [3.8, 4) is 11.1 Å². The highest BCUT2D eigenvalue weighted by molar-refractivity contribution is 6.30. The Morgan fingerprint density at radius 1 is 1.02 bits per heavy atom. The Morgan fingerprint density at radius 3 is 2.36 bits per heavy atom. The summed E-state index contributed by atoms with van der Waals surface area (Å²) in [6.07, 6.45) is 3.04. The van der Waals surface area contributed by atoms with Gasteiger partial charge in [0.05, 0.1) is 11.2 Å². The van der Waals surface area contributed by atoms with Crippen LogP contribution >= 0.6 is 11.6 Å². The van der Waals surface area contributed by atoms with Crippen LogP contribution in [0.4, 0.5) is 0 Å². The van der Waals surface area contributed by atoms with Crippen LogP contribution in [0.3, 0.4) is 0 Å². The highest BCUT2D eigenvalue weighted by Crippen LogP contribution is 2.40. The van der Waals surface area contributed by atoms with Crippen molar-refractivity contribution >= 4 is 22.5 Å². The molecule has 1 aliphatic heterocycles. The van der Waals surface area contributed by atoms with Gasteiger partial charge in [-0.25, -0.2) is 0 Å². The van der Waals surface area contributed by atoms with E-state index in [-0.39, 0.29) is 5.56 Å². The summed E-state index contributed by atoms with van der Waals surface area (Å²) in [7, 11) is 5.70. The number of nitrogens with two attached hydrogens (primary N) is 1. The molecule has 0 amide bonds. The van der Waals surface area contributed by atoms with Crippen molar-refractivity contribution in [2.75, 3.05) is 40.3 Å². The second kappa shape index (κ2) is 12.2. The number of aliphatic hydroxyl groups is 1. The fourth-order valence-corrected chi connectivity index (χ4v) is 5.94. The maximum atomic E-state index is 12.9. The van der Waals surface area contributed by atoms with Gasteiger partial charge in [0.25, 0.3) is 5.56 Å². The molecule has 5 rings (SSSR count). The summed E-state index contributed by atoms with van der Waals surface area (Å²) in [5, 5.41) is 14.1. The minimum atomic E-state index is -1.61. The largest absolute Gasteiger partial charge is 0.403 e. The quantitative estimate of drug-likeness (QED) is 0.313. The van der Waals surface area contributed by atoms with Gasteiger partial charge in [-0.05, 0) is 65.3 Å². The van der Waals surface area contributed by atoms with E-state index < -0.39 is 5.60 Å². The third-order valence-corrected chi connectivity index (χ3v) is 8.59. The number of rotatable bonds is 8. The number of benzene rings is 3. The first kappa shape index (κ1) is 29.6. The van der Waals surface area contributed by atoms with Gasteiger partial charge in [-0.15, -0.1) is 0 Å². The average molecular weight is 584 g/mol. The zero-order valence-electron chi connectivity index (χ0n) is 24.4. The highest BCUT2D eigenvalue weighted by Gasteiger charge is 2.38. The van der Waals surface area contributed by atoms with E-state index in [0.29, 0.717) is 21.8 Å². The number of halogens is 1. The van der Waals surface area contributed by atoms with E-state index in [0.717, 1.165) is 54.8 Å². The monoisotopic (exact) mass is 583 g/mol. The zero-order valence-corrected chi connectivity index (χ0v) is 25.2. The summed E-state index contributed by atoms with van der Waals surface area (Å²) in [4.78, 5) is 19.4. The lowest BCUT2D eigenvalue weighted by molar-refractivity contribution is 0.0967. The van der Waals surface area contributed by atoms with Crippen LogP contribution in [0, 0.1) is 0 Å². The topological polar surface area (TPSA) is 78.0 Å². The summed E-state index contributed by atoms with van der Waals surface area (Å²) in [5.41, 5.74) is 9.64. The van der Waals surface area contributed by atoms with Crippen LogP contribution in [0.25, 0.3) is 22.0 Å². The molecule has 4 aromatic rings. The van der Waals surface area contributed by atoms with Gasteiger partial charge in [-0.2, -0.15) is 0 Å². The number of likely N-dealkylation sites (N-methyl/N-ethyl adjacent to an activating group) is 2. The van der Waals surface area contributed by atoms with Gasteiger partial charge in [0.2, 0.25) is 0 Å². The molecule has 218 valence electrons. The number of aryl methyl sites for hydroxylation is 1. The normalized spacial score (nSPS) is 16.4. The second-order valence-corrected chi connectivity index (χ2v) is 11.5. The Kier molecular flexibility index (Phi) is 8.57. The van der Waals surface area contributed by atoms with Crippen LogP contribution in [0.15, 0.2) is 102 Å². The van der Waals surface area contributed by atoms with E-state index in [2.05, 4.69) is 35.6 Å². The van der Waals surface area contributed by atoms with Crippen LogP contribution in [-0.2, 0) is 19.2 Å². The Morgan fingerprint density at radius 2 is 1.71 bits per heavy atom. The first-order valence-corrected chi connectivity index (χ1v) is 14.4. The van der Waals surface area contributed by atoms with Gasteiger partial charge in [0, 0.05) is 69.5 Å². The first-order valence-electron chi connectivity index (χ1n) is 14.1. The number of hydrogen-bond donors (Lipinski definition) is 2. The second-order valence-electron chi connectivity index (χ2n) is 11.0. The number of hydrogen-bond acceptors (Lipinski definition) is 6. The summed E-state index contributed by atoms with van der Waals surface area (Å²) in [6, 6.07) is 22.8. The van der Waals surface area contributed by atoms with Crippen molar-refractivity contribution in [2.24, 2.45) is 12.8 Å². The standard InChI is InChI=1S/C34H38ClN5O2/c1-5-38(3)32(22-36)34(42,26-11-9-24(10-12-26)23-40-17-15-37(2)16-18-40)27-13-14-31-30(20-27)29(21-33(41)39(31)4)25-7-6-8-28(35)19-25/h5-14,19-22,42H,1,15-18,23,36H2,2-4H3/b32-22-. The average Bonchev–Trinajstić information content (AvgIpc) is 3.00. The maximum absolute atomic E-state index is 12.9. The van der Waals surface area contributed by atoms with Crippen molar-refractivity contribution < 1.29 is 5.11 Å². The fraction of sp³-hybridized carbons (Fsp3) is 0.265. The predicted octanol–water partition coefficient (Wildman–Crippen LogP) is 4.72. The van der Waals surface area contributed by atoms with Crippen LogP contribution < -0.4 is 11.3 Å². The number of nitrogens with zero attached hydrogens (tertiary/aromatic N) is 4. The van der Waals surface area contributed by atoms with Gasteiger partial charge in [0.1, 0.15) is 0 Å². The lowest BCUT2D eigenvalue weighted by atomic mass is 9.81. The van der Waals surface area contributed by atoms with Gasteiger partial charge in [-0.3, -0.25) is 9.69 Å². The number of pyridine rings is 1. The number of fused-ring (bicyclic) bond motifs is 1. The molecule has 8 heteroatoms. The molecular weight excluding hydrogens is 546 g/mol. The Labute approximate surface area is 252 Å². The van der Waals surface area contributed by atoms with E-state index in [4.69, 9.17) is 17.3 Å². The molecular formula is C34H38ClN5O2. The molecule has 1 saturated heterocycles. The number of aromatic nitrogens is 1. The molecule has 7 nitrogen and oxygen atoms in total. The van der Waals surface area contributed by atoms with Crippen LogP contribution in [0.2, 0.25) is 5.02 Å². The smallest absolute Gasteiger partial charge is 0.251 e. The molecule has 0 bridgehead atoms. The molecule has 42 heavy (non-hydrogen) atoms. The van der Waals surface area contributed by atoms with Crippen molar-refractivity contribution in [3.05, 3.63) is 130 Å². The first-order chi connectivity index (χ1) is 20.1. The molecule has 3 aromatic carbocycles. The maximum Gasteiger partial charge on any atom is 0.251 e. The van der Waals surface area contributed by atoms with Gasteiger partial charge < -0.3 is 25.2 Å².